The van der Waals surface area contributed by atoms with E-state index in [1.54, 1.807) is 0 Å². The van der Waals surface area contributed by atoms with Crippen LogP contribution in [-0.4, -0.2) is 24.2 Å². The third-order valence-corrected chi connectivity index (χ3v) is 16.4. The van der Waals surface area contributed by atoms with Crippen LogP contribution < -0.4 is 18.9 Å². The summed E-state index contributed by atoms with van der Waals surface area (Å²) in [5.74, 6) is 2.12. The summed E-state index contributed by atoms with van der Waals surface area (Å²) in [6, 6.07) is 0. The van der Waals surface area contributed by atoms with Crippen LogP contribution in [0.1, 0.15) is 0 Å². The second-order valence-electron chi connectivity index (χ2n) is 9.38. The van der Waals surface area contributed by atoms with Crippen molar-refractivity contribution >= 4 is 24.2 Å². The molecule has 4 aliphatic rings. The van der Waals surface area contributed by atoms with E-state index < -0.39 is 24.2 Å². The molecule has 4 aliphatic carbocycles. The minimum Gasteiger partial charge on any atom is -0.317 e. The predicted octanol–water partition coefficient (Wildman–Crippen LogP) is 1.84. The van der Waals surface area contributed by atoms with Crippen LogP contribution >= 0.6 is 0 Å². The summed E-state index contributed by atoms with van der Waals surface area (Å²) in [5.41, 5.74) is 0. The summed E-state index contributed by atoms with van der Waals surface area (Å²) in [4.78, 5) is 0. The topological polar surface area (TPSA) is 0 Å². The maximum Gasteiger partial charge on any atom is 1.00 e. The zero-order chi connectivity index (χ0) is 12.6. The van der Waals surface area contributed by atoms with Crippen molar-refractivity contribution in [3.63, 3.8) is 0 Å². The van der Waals surface area contributed by atoms with Gasteiger partial charge in [0.1, 0.15) is 0 Å². The van der Waals surface area contributed by atoms with E-state index in [1.807, 2.05) is 0 Å². The fourth-order valence-corrected chi connectivity index (χ4v) is 25.0. The van der Waals surface area contributed by atoms with E-state index in [9.17, 15) is 0 Å². The van der Waals surface area contributed by atoms with Gasteiger partial charge in [-0.2, -0.15) is 0 Å². The summed E-state index contributed by atoms with van der Waals surface area (Å²) in [6.45, 7) is 23.7. The largest absolute Gasteiger partial charge is 1.00 e. The Labute approximate surface area is 123 Å². The van der Waals surface area contributed by atoms with E-state index in [1.165, 1.54) is 0 Å². The first-order valence-corrected chi connectivity index (χ1v) is 17.2. The molecule has 4 rings (SSSR count). The van der Waals surface area contributed by atoms with Gasteiger partial charge in [-0.05, 0) is 0 Å². The van der Waals surface area contributed by atoms with Gasteiger partial charge in [-0.3, -0.25) is 0 Å². The Bertz CT molecular complexity index is 327. The van der Waals surface area contributed by atoms with Crippen molar-refractivity contribution < 1.29 is 18.9 Å². The van der Waals surface area contributed by atoms with Crippen molar-refractivity contribution in [2.45, 2.75) is 74.0 Å². The van der Waals surface area contributed by atoms with Crippen molar-refractivity contribution in [2.75, 3.05) is 0 Å². The molecule has 0 spiro atoms. The quantitative estimate of drug-likeness (QED) is 0.544. The van der Waals surface area contributed by atoms with Crippen LogP contribution in [0.4, 0.5) is 0 Å². The van der Waals surface area contributed by atoms with Gasteiger partial charge in [0.15, 0.2) is 0 Å². The van der Waals surface area contributed by atoms with E-state index in [-0.39, 0.29) is 18.9 Å². The number of hydrogen-bond acceptors (Lipinski definition) is 0. The summed E-state index contributed by atoms with van der Waals surface area (Å²) >= 11 is 0. The third-order valence-electron chi connectivity index (χ3n) is 5.94. The van der Waals surface area contributed by atoms with Crippen molar-refractivity contribution in [1.82, 2.24) is 0 Å². The first-order valence-electron chi connectivity index (χ1n) is 6.75. The Kier molecular flexibility index (Phi) is 2.42. The molecule has 0 saturated heterocycles. The van der Waals surface area contributed by atoms with Gasteiger partial charge in [0, 0.05) is 24.2 Å². The fourth-order valence-electron chi connectivity index (χ4n) is 6.09. The van der Waals surface area contributed by atoms with Crippen LogP contribution in [0, 0.1) is 5.92 Å². The van der Waals surface area contributed by atoms with Crippen LogP contribution in [-0.2, 0) is 0 Å². The molecule has 0 bridgehead atoms. The van der Waals surface area contributed by atoms with Gasteiger partial charge in [0.05, 0.1) is 0 Å². The summed E-state index contributed by atoms with van der Waals surface area (Å²) in [7, 11) is -2.91. The smallest absolute Gasteiger partial charge is 0.317 e. The Morgan fingerprint density at radius 1 is 0.529 bits per heavy atom. The monoisotopic (exact) mass is 274 g/mol. The number of hydrogen-bond donors (Lipinski definition) is 0. The van der Waals surface area contributed by atoms with Crippen LogP contribution in [0.3, 0.4) is 0 Å². The van der Waals surface area contributed by atoms with E-state index in [0.29, 0.717) is 0 Å². The average Bonchev–Trinajstić information content (AvgIpc) is 2.77. The molecule has 0 amide bonds. The van der Waals surface area contributed by atoms with Gasteiger partial charge in [-0.25, -0.2) is 15.1 Å². The van der Waals surface area contributed by atoms with Gasteiger partial charge in [-0.1, -0.05) is 58.9 Å². The SMILES string of the molecule is C[Si](C)(C)C12[C-]3C1([Si](C)(C)C)C32[Si](C)(C)C.[Li+]. The van der Waals surface area contributed by atoms with Crippen LogP contribution in [0.25, 0.3) is 0 Å². The molecular formula is C13H27LiSi3. The van der Waals surface area contributed by atoms with Crippen molar-refractivity contribution in [3.05, 3.63) is 5.92 Å². The fraction of sp³-hybridized carbons (Fsp3) is 0.923. The molecule has 0 radical (unpaired) electrons. The minimum atomic E-state index is -0.968. The molecule has 17 heavy (non-hydrogen) atoms. The van der Waals surface area contributed by atoms with Crippen molar-refractivity contribution in [1.29, 1.82) is 0 Å². The Morgan fingerprint density at radius 3 is 0.765 bits per heavy atom. The molecule has 0 atom stereocenters. The number of rotatable bonds is 3. The van der Waals surface area contributed by atoms with E-state index in [2.05, 4.69) is 64.8 Å². The second kappa shape index (κ2) is 2.81. The van der Waals surface area contributed by atoms with Gasteiger partial charge in [-0.15, -0.1) is 0 Å². The zero-order valence-electron chi connectivity index (χ0n) is 13.5. The van der Waals surface area contributed by atoms with Crippen LogP contribution in [0.5, 0.6) is 0 Å². The second-order valence-corrected chi connectivity index (χ2v) is 25.1. The molecule has 0 aliphatic heterocycles. The van der Waals surface area contributed by atoms with Gasteiger partial charge >= 0.3 is 18.9 Å². The molecule has 4 heteroatoms. The molecule has 0 aromatic carbocycles. The maximum atomic E-state index is 2.63. The molecule has 4 fully saturated rings. The standard InChI is InChI=1S/C13H27Si3.Li/c1-14(2,3)11-10-12(11,15(4,5)6)13(10,11)16(7,8)9;/h1-9H3;/q-1;+1. The summed E-state index contributed by atoms with van der Waals surface area (Å²) in [6.07, 6.45) is 0. The Hall–Kier alpha value is 1.25. The normalized spacial score (nSPS) is 47.1. The third kappa shape index (κ3) is 0.942. The molecule has 0 nitrogen and oxygen atoms in total. The molecular weight excluding hydrogens is 247 g/mol. The Balaban J connectivity index is 0.00000108. The summed E-state index contributed by atoms with van der Waals surface area (Å²) < 4.78 is 0. The van der Waals surface area contributed by atoms with Gasteiger partial charge < -0.3 is 5.92 Å². The van der Waals surface area contributed by atoms with Crippen LogP contribution in [0.15, 0.2) is 0 Å². The molecule has 0 unspecified atom stereocenters. The molecule has 4 saturated carbocycles. The first-order chi connectivity index (χ1) is 6.87. The molecule has 0 N–H and O–H groups in total. The predicted molar refractivity (Wildman–Crippen MR) is 81.4 cm³/mol. The van der Waals surface area contributed by atoms with E-state index >= 15 is 0 Å². The van der Waals surface area contributed by atoms with Crippen LogP contribution in [0.2, 0.25) is 74.0 Å². The summed E-state index contributed by atoms with van der Waals surface area (Å²) in [5, 5.41) is 2.63. The van der Waals surface area contributed by atoms with Gasteiger partial charge in [0.2, 0.25) is 0 Å². The van der Waals surface area contributed by atoms with Gasteiger partial charge in [0.25, 0.3) is 0 Å². The van der Waals surface area contributed by atoms with E-state index in [4.69, 9.17) is 0 Å². The minimum absolute atomic E-state index is 0. The molecule has 0 aromatic heterocycles. The zero-order valence-corrected chi connectivity index (χ0v) is 16.5. The first kappa shape index (κ1) is 14.7. The molecule has 0 heterocycles. The maximum absolute atomic E-state index is 2.63. The molecule has 92 valence electrons. The van der Waals surface area contributed by atoms with Crippen molar-refractivity contribution in [3.8, 4) is 0 Å². The Morgan fingerprint density at radius 2 is 0.706 bits per heavy atom. The van der Waals surface area contributed by atoms with E-state index in [0.717, 1.165) is 15.1 Å². The van der Waals surface area contributed by atoms with Crippen molar-refractivity contribution in [2.24, 2.45) is 0 Å². The molecule has 0 aromatic rings. The average molecular weight is 275 g/mol.